The molecule has 142 valence electrons. The van der Waals surface area contributed by atoms with Crippen LogP contribution in [0.5, 0.6) is 0 Å². The maximum atomic E-state index is 13.2. The van der Waals surface area contributed by atoms with Crippen LogP contribution in [0.1, 0.15) is 22.0 Å². The van der Waals surface area contributed by atoms with Gasteiger partial charge in [0.05, 0.1) is 12.2 Å². The van der Waals surface area contributed by atoms with E-state index in [1.54, 1.807) is 48.5 Å². The van der Waals surface area contributed by atoms with Crippen molar-refractivity contribution in [1.29, 1.82) is 0 Å². The van der Waals surface area contributed by atoms with E-state index in [9.17, 15) is 22.0 Å². The predicted octanol–water partition coefficient (Wildman–Crippen LogP) is 2.43. The molecule has 27 heavy (non-hydrogen) atoms. The molecule has 2 aromatic rings. The van der Waals surface area contributed by atoms with Gasteiger partial charge in [-0.05, 0) is 17.7 Å². The summed E-state index contributed by atoms with van der Waals surface area (Å²) < 4.78 is 66.2. The molecule has 0 saturated carbocycles. The summed E-state index contributed by atoms with van der Waals surface area (Å²) in [6.07, 6.45) is -1.04. The van der Waals surface area contributed by atoms with Crippen molar-refractivity contribution in [2.24, 2.45) is 0 Å². The van der Waals surface area contributed by atoms with Crippen molar-refractivity contribution in [1.82, 2.24) is 0 Å². The van der Waals surface area contributed by atoms with Crippen LogP contribution < -0.4 is 0 Å². The van der Waals surface area contributed by atoms with Crippen LogP contribution in [0.15, 0.2) is 60.7 Å². The van der Waals surface area contributed by atoms with Gasteiger partial charge in [-0.1, -0.05) is 48.5 Å². The van der Waals surface area contributed by atoms with Crippen LogP contribution >= 0.6 is 0 Å². The number of hydrogen-bond acceptors (Lipinski definition) is 5. The number of carbonyl (C=O) groups is 1. The molecule has 2 aromatic carbocycles. The van der Waals surface area contributed by atoms with Crippen LogP contribution in [0.2, 0.25) is 0 Å². The molecule has 0 amide bonds. The van der Waals surface area contributed by atoms with Gasteiger partial charge >= 0.3 is 50.9 Å². The van der Waals surface area contributed by atoms with Crippen LogP contribution in [0, 0.1) is 0 Å². The van der Waals surface area contributed by atoms with Gasteiger partial charge in [0, 0.05) is 0 Å². The second kappa shape index (κ2) is 10.3. The van der Waals surface area contributed by atoms with Crippen LogP contribution in [0.25, 0.3) is 0 Å². The third-order valence-electron chi connectivity index (χ3n) is 3.35. The standard InChI is InChI=1S/C17H16F2O6S.Na.H/c18-17(19,26(21,22)23)12-24-11-15(13-7-3-1-4-8-13)25-16(20)14-9-5-2-6-10-14;;/h1-10,15H,11-12H2,(H,21,22,23);;. The Morgan fingerprint density at radius 2 is 1.56 bits per heavy atom. The number of rotatable bonds is 8. The van der Waals surface area contributed by atoms with E-state index in [1.807, 2.05) is 0 Å². The Balaban J connectivity index is 0.00000364. The van der Waals surface area contributed by atoms with E-state index in [2.05, 4.69) is 0 Å². The number of halogens is 2. The molecular formula is C17H17F2NaO6S. The molecule has 0 bridgehead atoms. The van der Waals surface area contributed by atoms with Crippen molar-refractivity contribution in [3.8, 4) is 0 Å². The molecule has 0 aromatic heterocycles. The van der Waals surface area contributed by atoms with E-state index in [1.165, 1.54) is 12.1 Å². The Kier molecular flexibility index (Phi) is 9.00. The van der Waals surface area contributed by atoms with Gasteiger partial charge in [-0.3, -0.25) is 4.55 Å². The number of ether oxygens (including phenoxy) is 2. The van der Waals surface area contributed by atoms with E-state index in [0.717, 1.165) is 0 Å². The third-order valence-corrected chi connectivity index (χ3v) is 4.22. The Labute approximate surface area is 177 Å². The van der Waals surface area contributed by atoms with E-state index < -0.39 is 40.7 Å². The predicted molar refractivity (Wildman–Crippen MR) is 95.5 cm³/mol. The molecule has 0 aliphatic carbocycles. The van der Waals surface area contributed by atoms with Crippen molar-refractivity contribution < 1.29 is 36.0 Å². The van der Waals surface area contributed by atoms with Gasteiger partial charge in [-0.15, -0.1) is 0 Å². The molecule has 0 fully saturated rings. The van der Waals surface area contributed by atoms with Gasteiger partial charge in [-0.25, -0.2) is 4.79 Å². The zero-order valence-corrected chi connectivity index (χ0v) is 14.2. The quantitative estimate of drug-likeness (QED) is 0.409. The van der Waals surface area contributed by atoms with Gasteiger partial charge in [0.1, 0.15) is 6.61 Å². The number of alkyl halides is 2. The summed E-state index contributed by atoms with van der Waals surface area (Å²) in [5.41, 5.74) is 0.739. The minimum absolute atomic E-state index is 0. The van der Waals surface area contributed by atoms with Crippen LogP contribution in [0.3, 0.4) is 0 Å². The normalized spacial score (nSPS) is 12.7. The molecular weight excluding hydrogens is 393 g/mol. The van der Waals surface area contributed by atoms with Crippen LogP contribution in [-0.4, -0.2) is 67.0 Å². The second-order valence-corrected chi connectivity index (χ2v) is 6.85. The van der Waals surface area contributed by atoms with E-state index in [4.69, 9.17) is 14.0 Å². The summed E-state index contributed by atoms with van der Waals surface area (Å²) >= 11 is 0. The summed E-state index contributed by atoms with van der Waals surface area (Å²) in [5.74, 6) is -0.690. The van der Waals surface area contributed by atoms with Crippen LogP contribution in [-0.2, 0) is 19.6 Å². The fraction of sp³-hybridized carbons (Fsp3) is 0.235. The first-order chi connectivity index (χ1) is 12.2. The SMILES string of the molecule is O=C(OC(COCC(F)(F)S(=O)(=O)O)c1ccccc1)c1ccccc1.[NaH]. The number of esters is 1. The molecule has 6 nitrogen and oxygen atoms in total. The Morgan fingerprint density at radius 1 is 1.04 bits per heavy atom. The number of carbonyl (C=O) groups excluding carboxylic acids is 1. The maximum absolute atomic E-state index is 13.2. The zero-order chi connectivity index (χ0) is 19.2. The number of benzene rings is 2. The molecule has 0 heterocycles. The molecule has 1 unspecified atom stereocenters. The molecule has 0 saturated heterocycles. The molecule has 10 heteroatoms. The summed E-state index contributed by atoms with van der Waals surface area (Å²) in [6.45, 7) is -2.09. The first-order valence-corrected chi connectivity index (χ1v) is 8.88. The van der Waals surface area contributed by atoms with Gasteiger partial charge < -0.3 is 9.47 Å². The van der Waals surface area contributed by atoms with Gasteiger partial charge in [-0.2, -0.15) is 17.2 Å². The van der Waals surface area contributed by atoms with Crippen molar-refractivity contribution in [3.05, 3.63) is 71.8 Å². The van der Waals surface area contributed by atoms with Crippen LogP contribution in [0.4, 0.5) is 8.78 Å². The Bertz CT molecular complexity index is 831. The molecule has 0 radical (unpaired) electrons. The number of hydrogen-bond donors (Lipinski definition) is 1. The summed E-state index contributed by atoms with van der Waals surface area (Å²) in [6, 6.07) is 16.3. The first kappa shape index (κ1) is 23.7. The molecule has 0 aliphatic heterocycles. The molecule has 0 aliphatic rings. The molecule has 1 N–H and O–H groups in total. The second-order valence-electron chi connectivity index (χ2n) is 5.30. The Morgan fingerprint density at radius 3 is 2.07 bits per heavy atom. The fourth-order valence-corrected chi connectivity index (χ4v) is 2.23. The average molecular weight is 410 g/mol. The van der Waals surface area contributed by atoms with Crippen molar-refractivity contribution in [2.75, 3.05) is 13.2 Å². The van der Waals surface area contributed by atoms with E-state index in [-0.39, 0.29) is 35.1 Å². The minimum atomic E-state index is -5.60. The van der Waals surface area contributed by atoms with Gasteiger partial charge in [0.2, 0.25) is 0 Å². The van der Waals surface area contributed by atoms with Crippen molar-refractivity contribution in [3.63, 3.8) is 0 Å². The average Bonchev–Trinajstić information content (AvgIpc) is 2.61. The van der Waals surface area contributed by atoms with E-state index in [0.29, 0.717) is 5.56 Å². The molecule has 2 rings (SSSR count). The van der Waals surface area contributed by atoms with E-state index >= 15 is 0 Å². The van der Waals surface area contributed by atoms with Crippen molar-refractivity contribution in [2.45, 2.75) is 11.4 Å². The zero-order valence-electron chi connectivity index (χ0n) is 13.4. The van der Waals surface area contributed by atoms with Crippen molar-refractivity contribution >= 4 is 45.6 Å². The summed E-state index contributed by atoms with van der Waals surface area (Å²) in [4.78, 5) is 12.2. The van der Waals surface area contributed by atoms with Gasteiger partial charge in [0.25, 0.3) is 0 Å². The summed E-state index contributed by atoms with van der Waals surface area (Å²) in [5, 5.41) is -4.46. The molecule has 0 spiro atoms. The Hall–Kier alpha value is -1.36. The first-order valence-electron chi connectivity index (χ1n) is 7.44. The topological polar surface area (TPSA) is 89.9 Å². The summed E-state index contributed by atoms with van der Waals surface area (Å²) in [7, 11) is -5.60. The monoisotopic (exact) mass is 410 g/mol. The third kappa shape index (κ3) is 6.95. The molecule has 1 atom stereocenters. The fourth-order valence-electron chi connectivity index (χ4n) is 2.00. The van der Waals surface area contributed by atoms with Gasteiger partial charge in [0.15, 0.2) is 6.10 Å².